The molecule has 1 N–H and O–H groups in total. The van der Waals surface area contributed by atoms with Crippen LogP contribution in [0, 0.1) is 5.41 Å². The molecule has 2 rings (SSSR count). The molecule has 1 aliphatic carbocycles. The SMILES string of the molecule is COC(=O)C1(CNC2CCN(C)C2)CCC1. The van der Waals surface area contributed by atoms with E-state index >= 15 is 0 Å². The maximum Gasteiger partial charge on any atom is 0.313 e. The topological polar surface area (TPSA) is 41.6 Å². The van der Waals surface area contributed by atoms with Gasteiger partial charge in [-0.05, 0) is 32.9 Å². The van der Waals surface area contributed by atoms with Gasteiger partial charge in [-0.25, -0.2) is 0 Å². The molecule has 1 saturated heterocycles. The third kappa shape index (κ3) is 2.23. The number of nitrogens with zero attached hydrogens (tertiary/aromatic N) is 1. The highest BCUT2D eigenvalue weighted by Gasteiger charge is 2.45. The Morgan fingerprint density at radius 1 is 1.56 bits per heavy atom. The minimum absolute atomic E-state index is 0.0300. The van der Waals surface area contributed by atoms with Crippen molar-refractivity contribution in [2.45, 2.75) is 31.7 Å². The summed E-state index contributed by atoms with van der Waals surface area (Å²) >= 11 is 0. The number of carbonyl (C=O) groups excluding carboxylic acids is 1. The van der Waals surface area contributed by atoms with Crippen molar-refractivity contribution in [1.82, 2.24) is 10.2 Å². The minimum Gasteiger partial charge on any atom is -0.469 e. The summed E-state index contributed by atoms with van der Waals surface area (Å²) in [6.07, 6.45) is 4.31. The summed E-state index contributed by atoms with van der Waals surface area (Å²) in [5.41, 5.74) is -0.212. The van der Waals surface area contributed by atoms with Crippen LogP contribution in [0.1, 0.15) is 25.7 Å². The third-order valence-electron chi connectivity index (χ3n) is 4.05. The molecular formula is C12H22N2O2. The number of likely N-dealkylation sites (N-methyl/N-ethyl adjacent to an activating group) is 1. The highest BCUT2D eigenvalue weighted by molar-refractivity contribution is 5.78. The number of nitrogens with one attached hydrogen (secondary N) is 1. The summed E-state index contributed by atoms with van der Waals surface area (Å²) in [4.78, 5) is 14.0. The van der Waals surface area contributed by atoms with Crippen LogP contribution in [0.5, 0.6) is 0 Å². The molecule has 2 aliphatic rings. The molecule has 0 aromatic carbocycles. The molecule has 4 heteroatoms. The molecule has 0 spiro atoms. The summed E-state index contributed by atoms with van der Waals surface area (Å²) in [6.45, 7) is 3.04. The molecule has 1 atom stereocenters. The molecule has 4 nitrogen and oxygen atoms in total. The van der Waals surface area contributed by atoms with Crippen LogP contribution < -0.4 is 5.32 Å². The van der Waals surface area contributed by atoms with Gasteiger partial charge in [-0.2, -0.15) is 0 Å². The minimum atomic E-state index is -0.212. The Bertz CT molecular complexity index is 264. The van der Waals surface area contributed by atoms with Crippen molar-refractivity contribution in [2.75, 3.05) is 33.8 Å². The zero-order chi connectivity index (χ0) is 11.6. The van der Waals surface area contributed by atoms with Crippen LogP contribution in [0.2, 0.25) is 0 Å². The van der Waals surface area contributed by atoms with E-state index in [1.54, 1.807) is 0 Å². The number of hydrogen-bond donors (Lipinski definition) is 1. The smallest absolute Gasteiger partial charge is 0.313 e. The Kier molecular flexibility index (Phi) is 3.50. The van der Waals surface area contributed by atoms with E-state index in [4.69, 9.17) is 4.74 Å². The predicted molar refractivity (Wildman–Crippen MR) is 62.2 cm³/mol. The van der Waals surface area contributed by atoms with E-state index in [0.717, 1.165) is 38.9 Å². The van der Waals surface area contributed by atoms with E-state index < -0.39 is 0 Å². The van der Waals surface area contributed by atoms with Gasteiger partial charge < -0.3 is 15.0 Å². The number of esters is 1. The van der Waals surface area contributed by atoms with Crippen LogP contribution in [-0.2, 0) is 9.53 Å². The number of likely N-dealkylation sites (tertiary alicyclic amines) is 1. The Morgan fingerprint density at radius 3 is 2.75 bits per heavy atom. The van der Waals surface area contributed by atoms with Crippen LogP contribution in [0.3, 0.4) is 0 Å². The number of carbonyl (C=O) groups is 1. The molecule has 1 aliphatic heterocycles. The van der Waals surface area contributed by atoms with Gasteiger partial charge in [-0.3, -0.25) is 4.79 Å². The van der Waals surface area contributed by atoms with Crippen molar-refractivity contribution < 1.29 is 9.53 Å². The average molecular weight is 226 g/mol. The fourth-order valence-electron chi connectivity index (χ4n) is 2.71. The van der Waals surface area contributed by atoms with Gasteiger partial charge in [-0.15, -0.1) is 0 Å². The van der Waals surface area contributed by atoms with Gasteiger partial charge in [-0.1, -0.05) is 6.42 Å². The molecule has 0 amide bonds. The van der Waals surface area contributed by atoms with E-state index in [2.05, 4.69) is 17.3 Å². The fraction of sp³-hybridized carbons (Fsp3) is 0.917. The molecule has 0 aromatic rings. The molecule has 0 radical (unpaired) electrons. The molecule has 16 heavy (non-hydrogen) atoms. The molecule has 1 saturated carbocycles. The van der Waals surface area contributed by atoms with E-state index in [1.807, 2.05) is 0 Å². The Balaban J connectivity index is 1.81. The maximum absolute atomic E-state index is 11.7. The standard InChI is InChI=1S/C12H22N2O2/c1-14-7-4-10(8-14)13-9-12(5-3-6-12)11(15)16-2/h10,13H,3-9H2,1-2H3. The lowest BCUT2D eigenvalue weighted by Gasteiger charge is -2.39. The highest BCUT2D eigenvalue weighted by Crippen LogP contribution is 2.41. The monoisotopic (exact) mass is 226 g/mol. The highest BCUT2D eigenvalue weighted by atomic mass is 16.5. The molecule has 1 heterocycles. The second kappa shape index (κ2) is 4.72. The van der Waals surface area contributed by atoms with Gasteiger partial charge in [0.1, 0.15) is 0 Å². The summed E-state index contributed by atoms with van der Waals surface area (Å²) in [6, 6.07) is 0.548. The summed E-state index contributed by atoms with van der Waals surface area (Å²) in [5.74, 6) is -0.0300. The lowest BCUT2D eigenvalue weighted by Crippen LogP contribution is -2.49. The van der Waals surface area contributed by atoms with Crippen LogP contribution in [0.25, 0.3) is 0 Å². The Labute approximate surface area is 97.3 Å². The van der Waals surface area contributed by atoms with Gasteiger partial charge in [0.2, 0.25) is 0 Å². The van der Waals surface area contributed by atoms with Crippen LogP contribution in [0.4, 0.5) is 0 Å². The van der Waals surface area contributed by atoms with Crippen LogP contribution >= 0.6 is 0 Å². The normalized spacial score (nSPS) is 28.8. The van der Waals surface area contributed by atoms with Crippen molar-refractivity contribution in [3.8, 4) is 0 Å². The molecule has 92 valence electrons. The lowest BCUT2D eigenvalue weighted by molar-refractivity contribution is -0.158. The van der Waals surface area contributed by atoms with Gasteiger partial charge in [0, 0.05) is 19.1 Å². The van der Waals surface area contributed by atoms with E-state index in [1.165, 1.54) is 13.5 Å². The van der Waals surface area contributed by atoms with E-state index in [0.29, 0.717) is 6.04 Å². The van der Waals surface area contributed by atoms with Crippen LogP contribution in [-0.4, -0.2) is 50.7 Å². The van der Waals surface area contributed by atoms with Gasteiger partial charge in [0.15, 0.2) is 0 Å². The zero-order valence-corrected chi connectivity index (χ0v) is 10.3. The van der Waals surface area contributed by atoms with Crippen molar-refractivity contribution in [3.63, 3.8) is 0 Å². The van der Waals surface area contributed by atoms with Gasteiger partial charge >= 0.3 is 5.97 Å². The first-order valence-electron chi connectivity index (χ1n) is 6.17. The second-order valence-corrected chi connectivity index (χ2v) is 5.25. The fourth-order valence-corrected chi connectivity index (χ4v) is 2.71. The van der Waals surface area contributed by atoms with Gasteiger partial charge in [0.05, 0.1) is 12.5 Å². The van der Waals surface area contributed by atoms with Crippen molar-refractivity contribution in [3.05, 3.63) is 0 Å². The third-order valence-corrected chi connectivity index (χ3v) is 4.05. The quantitative estimate of drug-likeness (QED) is 0.714. The Hall–Kier alpha value is -0.610. The Morgan fingerprint density at radius 2 is 2.31 bits per heavy atom. The molecule has 2 fully saturated rings. The first-order valence-corrected chi connectivity index (χ1v) is 6.17. The van der Waals surface area contributed by atoms with Crippen LogP contribution in [0.15, 0.2) is 0 Å². The molecule has 0 aromatic heterocycles. The van der Waals surface area contributed by atoms with Crippen molar-refractivity contribution in [2.24, 2.45) is 5.41 Å². The van der Waals surface area contributed by atoms with E-state index in [9.17, 15) is 4.79 Å². The predicted octanol–water partition coefficient (Wildman–Crippen LogP) is 0.623. The first-order chi connectivity index (χ1) is 7.66. The van der Waals surface area contributed by atoms with Crippen molar-refractivity contribution >= 4 is 5.97 Å². The number of rotatable bonds is 4. The molecule has 0 bridgehead atoms. The lowest BCUT2D eigenvalue weighted by atomic mass is 9.68. The summed E-state index contributed by atoms with van der Waals surface area (Å²) in [5, 5.41) is 3.53. The summed E-state index contributed by atoms with van der Waals surface area (Å²) in [7, 11) is 3.63. The second-order valence-electron chi connectivity index (χ2n) is 5.25. The van der Waals surface area contributed by atoms with Gasteiger partial charge in [0.25, 0.3) is 0 Å². The summed E-state index contributed by atoms with van der Waals surface area (Å²) < 4.78 is 4.90. The largest absolute Gasteiger partial charge is 0.469 e. The molecule has 1 unspecified atom stereocenters. The average Bonchev–Trinajstić information content (AvgIpc) is 2.62. The van der Waals surface area contributed by atoms with E-state index in [-0.39, 0.29) is 11.4 Å². The first kappa shape index (κ1) is 11.9. The number of ether oxygens (including phenoxy) is 1. The zero-order valence-electron chi connectivity index (χ0n) is 10.3. The molecular weight excluding hydrogens is 204 g/mol. The number of hydrogen-bond acceptors (Lipinski definition) is 4. The maximum atomic E-state index is 11.7. The van der Waals surface area contributed by atoms with Crippen molar-refractivity contribution in [1.29, 1.82) is 0 Å². The number of methoxy groups -OCH3 is 1.